The van der Waals surface area contributed by atoms with Crippen LogP contribution in [0.1, 0.15) is 63.4 Å². The molecule has 0 saturated heterocycles. The van der Waals surface area contributed by atoms with Gasteiger partial charge >= 0.3 is 5.97 Å². The molecule has 0 fully saturated rings. The van der Waals surface area contributed by atoms with Crippen LogP contribution in [0.2, 0.25) is 0 Å². The second kappa shape index (κ2) is 10.3. The Balaban J connectivity index is 1.98. The van der Waals surface area contributed by atoms with Crippen molar-refractivity contribution in [3.05, 3.63) is 76.9 Å². The van der Waals surface area contributed by atoms with E-state index in [1.54, 1.807) is 31.2 Å². The number of anilines is 1. The monoisotopic (exact) mass is 488 g/mol. The van der Waals surface area contributed by atoms with Crippen LogP contribution in [0, 0.1) is 17.7 Å². The number of carboxylic acid groups (broad SMARTS) is 1. The van der Waals surface area contributed by atoms with Crippen molar-refractivity contribution in [3.63, 3.8) is 0 Å². The van der Waals surface area contributed by atoms with Gasteiger partial charge in [0.15, 0.2) is 0 Å². The number of carbonyl (C=O) groups excluding carboxylic acids is 2. The predicted octanol–water partition coefficient (Wildman–Crippen LogP) is 3.46. The number of hydrogen-bond acceptors (Lipinski definition) is 6. The van der Waals surface area contributed by atoms with E-state index in [1.165, 1.54) is 24.4 Å². The minimum Gasteiger partial charge on any atom is -0.478 e. The van der Waals surface area contributed by atoms with Gasteiger partial charge in [-0.1, -0.05) is 26.8 Å². The molecular formula is C26H28N6O4. The summed E-state index contributed by atoms with van der Waals surface area (Å²) in [7, 11) is 0. The number of amidine groups is 1. The molecule has 3 rings (SSSR count). The van der Waals surface area contributed by atoms with Crippen LogP contribution >= 0.6 is 0 Å². The van der Waals surface area contributed by atoms with Crippen LogP contribution < -0.4 is 16.4 Å². The normalized spacial score (nSPS) is 11.0. The van der Waals surface area contributed by atoms with E-state index in [9.17, 15) is 19.5 Å². The highest BCUT2D eigenvalue weighted by molar-refractivity contribution is 6.09. The Morgan fingerprint density at radius 2 is 1.64 bits per heavy atom. The minimum atomic E-state index is -1.26. The number of nitrogen functional groups attached to an aromatic ring is 1. The van der Waals surface area contributed by atoms with E-state index in [2.05, 4.69) is 20.6 Å². The molecule has 0 aliphatic carbocycles. The fraction of sp³-hybridized carbons (Fsp3) is 0.231. The van der Waals surface area contributed by atoms with Gasteiger partial charge in [0.25, 0.3) is 11.8 Å². The Morgan fingerprint density at radius 3 is 2.22 bits per heavy atom. The van der Waals surface area contributed by atoms with E-state index in [1.807, 2.05) is 20.8 Å². The SMILES string of the molecule is Cc1ncc(-c2ccc(C(=O)NCC(C)(C)C)cc2C(=O)O)c(C(=O)Nc2ccc(C(=N)N)cc2)n1. The minimum absolute atomic E-state index is 0.0226. The van der Waals surface area contributed by atoms with Crippen LogP contribution in [0.25, 0.3) is 11.1 Å². The number of aryl methyl sites for hydroxylation is 1. The van der Waals surface area contributed by atoms with Gasteiger partial charge in [-0.15, -0.1) is 0 Å². The third-order valence-electron chi connectivity index (χ3n) is 5.16. The number of benzene rings is 2. The Labute approximate surface area is 208 Å². The standard InChI is InChI=1S/C26H28N6O4/c1-14-29-12-20(21(31-14)24(34)32-17-8-5-15(6-9-17)22(27)28)18-10-7-16(11-19(18)25(35)36)23(33)30-13-26(2,3)4/h5-12H,13H2,1-4H3,(H3,27,28)(H,30,33)(H,32,34)(H,35,36). The molecule has 2 aromatic carbocycles. The smallest absolute Gasteiger partial charge is 0.336 e. The van der Waals surface area contributed by atoms with E-state index in [0.717, 1.165) is 0 Å². The maximum atomic E-state index is 13.1. The van der Waals surface area contributed by atoms with E-state index in [0.29, 0.717) is 23.6 Å². The number of aromatic nitrogens is 2. The van der Waals surface area contributed by atoms with Crippen molar-refractivity contribution in [2.45, 2.75) is 27.7 Å². The van der Waals surface area contributed by atoms with Crippen molar-refractivity contribution in [2.24, 2.45) is 11.1 Å². The van der Waals surface area contributed by atoms with Gasteiger partial charge in [-0.25, -0.2) is 14.8 Å². The first-order valence-electron chi connectivity index (χ1n) is 11.1. The summed E-state index contributed by atoms with van der Waals surface area (Å²) in [6.45, 7) is 7.95. The number of amides is 2. The van der Waals surface area contributed by atoms with Gasteiger partial charge in [-0.3, -0.25) is 15.0 Å². The van der Waals surface area contributed by atoms with Gasteiger partial charge in [-0.05, 0) is 48.7 Å². The first-order valence-corrected chi connectivity index (χ1v) is 11.1. The summed E-state index contributed by atoms with van der Waals surface area (Å²) in [6, 6.07) is 10.6. The van der Waals surface area contributed by atoms with Crippen molar-refractivity contribution in [1.82, 2.24) is 15.3 Å². The Hall–Kier alpha value is -4.60. The summed E-state index contributed by atoms with van der Waals surface area (Å²) in [6.07, 6.45) is 1.39. The van der Waals surface area contributed by atoms with Crippen LogP contribution in [0.15, 0.2) is 48.7 Å². The number of hydrogen-bond donors (Lipinski definition) is 5. The Kier molecular flexibility index (Phi) is 7.47. The van der Waals surface area contributed by atoms with Crippen LogP contribution in [0.5, 0.6) is 0 Å². The van der Waals surface area contributed by atoms with Gasteiger partial charge in [0.05, 0.1) is 5.56 Å². The lowest BCUT2D eigenvalue weighted by molar-refractivity contribution is 0.0697. The number of nitrogens with two attached hydrogens (primary N) is 1. The molecule has 36 heavy (non-hydrogen) atoms. The lowest BCUT2D eigenvalue weighted by Crippen LogP contribution is -2.32. The van der Waals surface area contributed by atoms with Gasteiger partial charge in [-0.2, -0.15) is 0 Å². The predicted molar refractivity (Wildman–Crippen MR) is 136 cm³/mol. The number of aromatic carboxylic acids is 1. The maximum absolute atomic E-state index is 13.1. The fourth-order valence-electron chi connectivity index (χ4n) is 3.31. The van der Waals surface area contributed by atoms with Gasteiger partial charge in [0, 0.05) is 40.7 Å². The van der Waals surface area contributed by atoms with E-state index in [4.69, 9.17) is 11.1 Å². The number of nitrogens with one attached hydrogen (secondary N) is 3. The van der Waals surface area contributed by atoms with E-state index in [-0.39, 0.29) is 39.2 Å². The average Bonchev–Trinajstić information content (AvgIpc) is 2.82. The zero-order chi connectivity index (χ0) is 26.6. The fourth-order valence-corrected chi connectivity index (χ4v) is 3.31. The molecule has 10 heteroatoms. The summed E-state index contributed by atoms with van der Waals surface area (Å²) in [4.78, 5) is 46.2. The van der Waals surface area contributed by atoms with Gasteiger partial charge in [0.2, 0.25) is 0 Å². The Morgan fingerprint density at radius 1 is 1.00 bits per heavy atom. The first kappa shape index (κ1) is 26.0. The van der Waals surface area contributed by atoms with Crippen LogP contribution in [-0.2, 0) is 0 Å². The Bertz CT molecular complexity index is 1340. The summed E-state index contributed by atoms with van der Waals surface area (Å²) in [5.41, 5.74) is 6.68. The third-order valence-corrected chi connectivity index (χ3v) is 5.16. The molecule has 1 heterocycles. The molecular weight excluding hydrogens is 460 g/mol. The number of carboxylic acids is 1. The zero-order valence-corrected chi connectivity index (χ0v) is 20.5. The molecule has 0 saturated carbocycles. The molecule has 10 nitrogen and oxygen atoms in total. The average molecular weight is 489 g/mol. The molecule has 0 aliphatic rings. The summed E-state index contributed by atoms with van der Waals surface area (Å²) >= 11 is 0. The number of nitrogens with zero attached hydrogens (tertiary/aromatic N) is 2. The topological polar surface area (TPSA) is 171 Å². The summed E-state index contributed by atoms with van der Waals surface area (Å²) in [5.74, 6) is -2.01. The first-order chi connectivity index (χ1) is 16.9. The number of carbonyl (C=O) groups is 3. The van der Waals surface area contributed by atoms with Crippen molar-refractivity contribution in [1.29, 1.82) is 5.41 Å². The van der Waals surface area contributed by atoms with Crippen molar-refractivity contribution in [3.8, 4) is 11.1 Å². The molecule has 1 aromatic heterocycles. The quantitative estimate of drug-likeness (QED) is 0.250. The molecule has 6 N–H and O–H groups in total. The molecule has 2 amide bonds. The molecule has 0 spiro atoms. The lowest BCUT2D eigenvalue weighted by Gasteiger charge is -2.19. The second-order valence-corrected chi connectivity index (χ2v) is 9.43. The molecule has 186 valence electrons. The molecule has 0 radical (unpaired) electrons. The van der Waals surface area contributed by atoms with Crippen LogP contribution in [-0.4, -0.2) is 45.2 Å². The molecule has 0 aliphatic heterocycles. The number of rotatable bonds is 7. The largest absolute Gasteiger partial charge is 0.478 e. The molecule has 0 unspecified atom stereocenters. The summed E-state index contributed by atoms with van der Waals surface area (Å²) < 4.78 is 0. The maximum Gasteiger partial charge on any atom is 0.336 e. The van der Waals surface area contributed by atoms with Gasteiger partial charge in [0.1, 0.15) is 17.4 Å². The van der Waals surface area contributed by atoms with Crippen LogP contribution in [0.4, 0.5) is 5.69 Å². The van der Waals surface area contributed by atoms with E-state index >= 15 is 0 Å². The van der Waals surface area contributed by atoms with Gasteiger partial charge < -0.3 is 21.5 Å². The second-order valence-electron chi connectivity index (χ2n) is 9.43. The van der Waals surface area contributed by atoms with Crippen LogP contribution in [0.3, 0.4) is 0 Å². The summed E-state index contributed by atoms with van der Waals surface area (Å²) in [5, 5.41) is 22.9. The molecule has 0 bridgehead atoms. The highest BCUT2D eigenvalue weighted by atomic mass is 16.4. The highest BCUT2D eigenvalue weighted by Crippen LogP contribution is 2.28. The van der Waals surface area contributed by atoms with Crippen molar-refractivity contribution in [2.75, 3.05) is 11.9 Å². The highest BCUT2D eigenvalue weighted by Gasteiger charge is 2.23. The van der Waals surface area contributed by atoms with Crippen molar-refractivity contribution >= 4 is 29.3 Å². The third kappa shape index (κ3) is 6.29. The van der Waals surface area contributed by atoms with Crippen molar-refractivity contribution < 1.29 is 19.5 Å². The molecule has 0 atom stereocenters. The lowest BCUT2D eigenvalue weighted by atomic mass is 9.95. The molecule has 3 aromatic rings. The zero-order valence-electron chi connectivity index (χ0n) is 20.5. The van der Waals surface area contributed by atoms with E-state index < -0.39 is 17.8 Å².